The van der Waals surface area contributed by atoms with Crippen molar-refractivity contribution in [3.63, 3.8) is 0 Å². The highest BCUT2D eigenvalue weighted by atomic mass is 79.9. The number of rotatable bonds is 12. The minimum absolute atomic E-state index is 0.156. The molecule has 0 radical (unpaired) electrons. The van der Waals surface area contributed by atoms with E-state index in [-0.39, 0.29) is 11.1 Å². The van der Waals surface area contributed by atoms with Gasteiger partial charge in [0.05, 0.1) is 31.8 Å². The lowest BCUT2D eigenvalue weighted by atomic mass is 10.1. The molecule has 2 atom stereocenters. The molecule has 4 aromatic rings. The second kappa shape index (κ2) is 14.7. The summed E-state index contributed by atoms with van der Waals surface area (Å²) in [6.45, 7) is 0. The largest absolute Gasteiger partial charge is 0.502 e. The van der Waals surface area contributed by atoms with E-state index in [1.54, 1.807) is 0 Å². The monoisotopic (exact) mass is 818 g/mol. The van der Waals surface area contributed by atoms with Crippen molar-refractivity contribution in [2.45, 2.75) is 10.5 Å². The molecule has 0 saturated heterocycles. The Morgan fingerprint density at radius 1 is 0.571 bits per heavy atom. The smallest absolute Gasteiger partial charge is 0.318 e. The van der Waals surface area contributed by atoms with Gasteiger partial charge in [0.15, 0.2) is 9.84 Å². The van der Waals surface area contributed by atoms with Gasteiger partial charge < -0.3 is 10.2 Å². The summed E-state index contributed by atoms with van der Waals surface area (Å²) < 4.78 is 30.4. The fourth-order valence-electron chi connectivity index (χ4n) is 4.66. The topological polar surface area (TPSA) is 247 Å². The average Bonchev–Trinajstić information content (AvgIpc) is 3.03. The number of hydrogen-bond donors (Lipinski definition) is 2. The van der Waals surface area contributed by atoms with Crippen LogP contribution in [0.3, 0.4) is 0 Å². The van der Waals surface area contributed by atoms with Gasteiger partial charge in [-0.05, 0) is 35.4 Å². The van der Waals surface area contributed by atoms with Crippen LogP contribution in [0.1, 0.15) is 32.8 Å². The molecule has 2 unspecified atom stereocenters. The zero-order valence-electron chi connectivity index (χ0n) is 24.3. The van der Waals surface area contributed by atoms with Gasteiger partial charge in [-0.25, -0.2) is 8.42 Å². The summed E-state index contributed by atoms with van der Waals surface area (Å²) in [6.07, 6.45) is 4.10. The summed E-state index contributed by atoms with van der Waals surface area (Å²) in [6, 6.07) is 14.7. The number of phenolic OH excluding ortho intramolecular Hbond substituents is 2. The molecular weight excluding hydrogens is 800 g/mol. The third-order valence-electron chi connectivity index (χ3n) is 7.03. The zero-order valence-corrected chi connectivity index (χ0v) is 28.3. The molecular formula is C30H20Br2N4O12S. The van der Waals surface area contributed by atoms with E-state index in [2.05, 4.69) is 31.9 Å². The van der Waals surface area contributed by atoms with Crippen LogP contribution < -0.4 is 0 Å². The number of aromatic hydroxyl groups is 2. The number of nitrogens with zero attached hydrogens (tertiary/aromatic N) is 4. The highest BCUT2D eigenvalue weighted by molar-refractivity contribution is 9.10. The lowest BCUT2D eigenvalue weighted by Gasteiger charge is -2.22. The number of phenols is 2. The highest BCUT2D eigenvalue weighted by Crippen LogP contribution is 2.41. The first-order chi connectivity index (χ1) is 23.0. The Balaban J connectivity index is 1.96. The van der Waals surface area contributed by atoms with Crippen molar-refractivity contribution in [3.8, 4) is 11.5 Å². The molecule has 16 nitrogen and oxygen atoms in total. The summed E-state index contributed by atoms with van der Waals surface area (Å²) >= 11 is 6.54. The van der Waals surface area contributed by atoms with Crippen molar-refractivity contribution in [2.75, 3.05) is 0 Å². The van der Waals surface area contributed by atoms with Gasteiger partial charge in [-0.2, -0.15) is 0 Å². The van der Waals surface area contributed by atoms with Crippen LogP contribution in [-0.2, 0) is 9.84 Å². The molecule has 252 valence electrons. The maximum atomic E-state index is 14.6. The fourth-order valence-corrected chi connectivity index (χ4v) is 7.17. The third kappa shape index (κ3) is 8.13. The molecule has 0 aliphatic rings. The van der Waals surface area contributed by atoms with E-state index in [1.807, 2.05) is 0 Å². The van der Waals surface area contributed by atoms with Crippen molar-refractivity contribution in [1.29, 1.82) is 0 Å². The lowest BCUT2D eigenvalue weighted by molar-refractivity contribution is -0.395. The maximum Gasteiger partial charge on any atom is 0.318 e. The normalized spacial score (nSPS) is 12.9. The van der Waals surface area contributed by atoms with Crippen LogP contribution in [0.15, 0.2) is 93.9 Å². The molecule has 0 aliphatic carbocycles. The van der Waals surface area contributed by atoms with Crippen LogP contribution in [0, 0.1) is 40.5 Å². The van der Waals surface area contributed by atoms with Crippen LogP contribution in [-0.4, -0.2) is 38.3 Å². The first-order valence-electron chi connectivity index (χ1n) is 13.4. The Morgan fingerprint density at radius 3 is 1.18 bits per heavy atom. The summed E-state index contributed by atoms with van der Waals surface area (Å²) in [7, 11) is -4.57. The Hall–Kier alpha value is -5.53. The number of halogens is 2. The molecule has 4 aromatic carbocycles. The van der Waals surface area contributed by atoms with E-state index in [9.17, 15) is 59.1 Å². The van der Waals surface area contributed by atoms with Crippen LogP contribution in [0.4, 0.5) is 22.7 Å². The summed E-state index contributed by atoms with van der Waals surface area (Å²) in [4.78, 5) is 42.0. The highest BCUT2D eigenvalue weighted by Gasteiger charge is 2.34. The van der Waals surface area contributed by atoms with Crippen molar-refractivity contribution in [2.24, 2.45) is 0 Å². The summed E-state index contributed by atoms with van der Waals surface area (Å²) in [5.74, 6) is -1.91. The average molecular weight is 820 g/mol. The molecule has 49 heavy (non-hydrogen) atoms. The second-order valence-electron chi connectivity index (χ2n) is 10.1. The van der Waals surface area contributed by atoms with E-state index >= 15 is 0 Å². The molecule has 0 amide bonds. The van der Waals surface area contributed by atoms with E-state index < -0.39 is 85.4 Å². The number of nitro benzene ring substituents is 4. The first kappa shape index (κ1) is 36.3. The molecule has 0 aliphatic heterocycles. The number of hydrogen-bond acceptors (Lipinski definition) is 12. The Kier molecular flexibility index (Phi) is 10.9. The van der Waals surface area contributed by atoms with Crippen molar-refractivity contribution in [3.05, 3.63) is 157 Å². The molecule has 0 saturated carbocycles. The standard InChI is InChI=1S/C30H20Br2N4O12S/c31-21-7-1-17(2-8-21)27(11-5-19-13-23(33(39)40)15-25(29(19)37)35(43)44)49(47,48)28(18-3-9-22(32)10-4-18)12-6-20-14-24(34(41)42)16-26(30(20)38)36(45)46/h1-16,27-28,37-38H. The number of benzene rings is 4. The third-order valence-corrected chi connectivity index (χ3v) is 10.4. The van der Waals surface area contributed by atoms with Gasteiger partial charge in [-0.1, -0.05) is 80.4 Å². The Labute approximate surface area is 292 Å². The van der Waals surface area contributed by atoms with Crippen molar-refractivity contribution >= 4 is 76.6 Å². The van der Waals surface area contributed by atoms with E-state index in [0.717, 1.165) is 36.4 Å². The van der Waals surface area contributed by atoms with E-state index in [1.165, 1.54) is 48.5 Å². The quantitative estimate of drug-likeness (QED) is 0.102. The fraction of sp³-hybridized carbons (Fsp3) is 0.0667. The van der Waals surface area contributed by atoms with Gasteiger partial charge in [0.1, 0.15) is 10.5 Å². The molecule has 2 N–H and O–H groups in total. The van der Waals surface area contributed by atoms with Gasteiger partial charge in [0, 0.05) is 32.2 Å². The Morgan fingerprint density at radius 2 is 0.898 bits per heavy atom. The van der Waals surface area contributed by atoms with Gasteiger partial charge in [-0.3, -0.25) is 40.5 Å². The van der Waals surface area contributed by atoms with Gasteiger partial charge in [0.2, 0.25) is 11.5 Å². The first-order valence-corrected chi connectivity index (χ1v) is 16.6. The number of non-ortho nitro benzene ring substituents is 2. The van der Waals surface area contributed by atoms with Crippen LogP contribution in [0.25, 0.3) is 12.2 Å². The molecule has 0 fully saturated rings. The molecule has 0 heterocycles. The minimum atomic E-state index is -4.57. The predicted octanol–water partition coefficient (Wildman–Crippen LogP) is 7.88. The van der Waals surface area contributed by atoms with Gasteiger partial charge in [0.25, 0.3) is 11.4 Å². The summed E-state index contributed by atoms with van der Waals surface area (Å²) in [5, 5.41) is 63.8. The van der Waals surface area contributed by atoms with Gasteiger partial charge >= 0.3 is 11.4 Å². The minimum Gasteiger partial charge on any atom is -0.502 e. The molecule has 4 rings (SSSR count). The second-order valence-corrected chi connectivity index (χ2v) is 14.1. The molecule has 0 bridgehead atoms. The van der Waals surface area contributed by atoms with Crippen LogP contribution in [0.2, 0.25) is 0 Å². The summed E-state index contributed by atoms with van der Waals surface area (Å²) in [5.41, 5.74) is -4.00. The number of sulfone groups is 1. The molecule has 19 heteroatoms. The van der Waals surface area contributed by atoms with Crippen molar-refractivity contribution in [1.82, 2.24) is 0 Å². The van der Waals surface area contributed by atoms with Crippen LogP contribution in [0.5, 0.6) is 11.5 Å². The van der Waals surface area contributed by atoms with Crippen LogP contribution >= 0.6 is 31.9 Å². The maximum absolute atomic E-state index is 14.6. The van der Waals surface area contributed by atoms with E-state index in [0.29, 0.717) is 21.1 Å². The SMILES string of the molecule is O=[N+]([O-])c1cc(C=CC(c2ccc(Br)cc2)S(=O)(=O)C(C=Cc2cc([N+](=O)[O-])cc([N+](=O)[O-])c2O)c2ccc(Br)cc2)c(O)c([N+](=O)[O-])c1. The lowest BCUT2D eigenvalue weighted by Crippen LogP contribution is -2.19. The molecule has 0 aromatic heterocycles. The Bertz CT molecular complexity index is 2010. The zero-order chi connectivity index (χ0) is 36.2. The van der Waals surface area contributed by atoms with E-state index in [4.69, 9.17) is 0 Å². The molecule has 0 spiro atoms. The van der Waals surface area contributed by atoms with Gasteiger partial charge in [-0.15, -0.1) is 0 Å². The predicted molar refractivity (Wildman–Crippen MR) is 184 cm³/mol. The number of nitro groups is 4. The van der Waals surface area contributed by atoms with Crippen molar-refractivity contribution < 1.29 is 38.3 Å².